The Bertz CT molecular complexity index is 612. The predicted octanol–water partition coefficient (Wildman–Crippen LogP) is 3.11. The number of carbonyl (C=O) groups is 1. The van der Waals surface area contributed by atoms with E-state index in [2.05, 4.69) is 5.10 Å². The average molecular weight is 272 g/mol. The van der Waals surface area contributed by atoms with E-state index >= 15 is 0 Å². The highest BCUT2D eigenvalue weighted by atomic mass is 16.5. The van der Waals surface area contributed by atoms with Gasteiger partial charge in [0.25, 0.3) is 0 Å². The molecule has 0 amide bonds. The van der Waals surface area contributed by atoms with Crippen LogP contribution in [0, 0.1) is 0 Å². The minimum absolute atomic E-state index is 0.139. The molecule has 1 unspecified atom stereocenters. The van der Waals surface area contributed by atoms with Crippen LogP contribution in [0.1, 0.15) is 42.6 Å². The van der Waals surface area contributed by atoms with Crippen molar-refractivity contribution < 1.29 is 9.53 Å². The van der Waals surface area contributed by atoms with Crippen molar-refractivity contribution in [2.24, 2.45) is 7.05 Å². The Hall–Kier alpha value is -1.68. The summed E-state index contributed by atoms with van der Waals surface area (Å²) >= 11 is 0. The third kappa shape index (κ3) is 2.61. The number of nitrogens with zero attached hydrogens (tertiary/aromatic N) is 2. The number of hydrogen-bond acceptors (Lipinski definition) is 3. The lowest BCUT2D eigenvalue weighted by Crippen LogP contribution is -2.07. The van der Waals surface area contributed by atoms with Gasteiger partial charge in [-0.15, -0.1) is 0 Å². The highest BCUT2D eigenvalue weighted by Crippen LogP contribution is 2.21. The van der Waals surface area contributed by atoms with Crippen LogP contribution in [-0.2, 0) is 11.8 Å². The van der Waals surface area contributed by atoms with Crippen LogP contribution in [0.4, 0.5) is 0 Å². The molecule has 0 N–H and O–H groups in total. The lowest BCUT2D eigenvalue weighted by atomic mass is 10.0. The van der Waals surface area contributed by atoms with Crippen LogP contribution in [0.15, 0.2) is 24.3 Å². The highest BCUT2D eigenvalue weighted by molar-refractivity contribution is 6.05. The van der Waals surface area contributed by atoms with E-state index in [1.807, 2.05) is 31.3 Å². The van der Waals surface area contributed by atoms with Gasteiger partial charge in [-0.1, -0.05) is 18.2 Å². The molecule has 4 heteroatoms. The molecule has 2 heterocycles. The zero-order chi connectivity index (χ0) is 13.9. The van der Waals surface area contributed by atoms with Gasteiger partial charge in [-0.05, 0) is 31.7 Å². The van der Waals surface area contributed by atoms with Crippen molar-refractivity contribution in [1.82, 2.24) is 9.78 Å². The summed E-state index contributed by atoms with van der Waals surface area (Å²) < 4.78 is 7.36. The topological polar surface area (TPSA) is 44.1 Å². The van der Waals surface area contributed by atoms with Crippen LogP contribution < -0.4 is 0 Å². The zero-order valence-corrected chi connectivity index (χ0v) is 11.8. The summed E-state index contributed by atoms with van der Waals surface area (Å²) in [7, 11) is 1.88. The Morgan fingerprint density at radius 2 is 2.30 bits per heavy atom. The van der Waals surface area contributed by atoms with Crippen LogP contribution in [-0.4, -0.2) is 28.3 Å². The van der Waals surface area contributed by atoms with Gasteiger partial charge < -0.3 is 4.74 Å². The lowest BCUT2D eigenvalue weighted by molar-refractivity contribution is 0.0920. The molecule has 1 atom stereocenters. The predicted molar refractivity (Wildman–Crippen MR) is 77.9 cm³/mol. The molecule has 2 aromatic rings. The van der Waals surface area contributed by atoms with Crippen LogP contribution in [0.25, 0.3) is 10.9 Å². The van der Waals surface area contributed by atoms with Gasteiger partial charge in [-0.3, -0.25) is 9.48 Å². The van der Waals surface area contributed by atoms with E-state index < -0.39 is 0 Å². The number of carbonyl (C=O) groups excluding carboxylic acids is 1. The second kappa shape index (κ2) is 5.75. The van der Waals surface area contributed by atoms with Gasteiger partial charge in [0.1, 0.15) is 5.69 Å². The molecule has 0 saturated carbocycles. The first-order valence-corrected chi connectivity index (χ1v) is 7.32. The molecule has 1 aliphatic heterocycles. The number of Topliss-reactive ketones (excluding diaryl/α,β-unsaturated/α-hetero) is 1. The van der Waals surface area contributed by atoms with E-state index in [-0.39, 0.29) is 5.78 Å². The van der Waals surface area contributed by atoms with E-state index in [1.165, 1.54) is 0 Å². The molecule has 1 aliphatic rings. The quantitative estimate of drug-likeness (QED) is 0.786. The van der Waals surface area contributed by atoms with E-state index in [1.54, 1.807) is 4.68 Å². The second-order valence-corrected chi connectivity index (χ2v) is 5.44. The number of aryl methyl sites for hydroxylation is 1. The van der Waals surface area contributed by atoms with E-state index in [4.69, 9.17) is 4.74 Å². The summed E-state index contributed by atoms with van der Waals surface area (Å²) in [6.07, 6.45) is 5.08. The fraction of sp³-hybridized carbons (Fsp3) is 0.500. The number of hydrogen-bond donors (Lipinski definition) is 0. The molecule has 3 rings (SSSR count). The highest BCUT2D eigenvalue weighted by Gasteiger charge is 2.18. The number of rotatable bonds is 5. The van der Waals surface area contributed by atoms with Crippen molar-refractivity contribution in [2.75, 3.05) is 6.61 Å². The average Bonchev–Trinajstić information content (AvgIpc) is 3.08. The molecule has 1 fully saturated rings. The Kier molecular flexibility index (Phi) is 3.83. The second-order valence-electron chi connectivity index (χ2n) is 5.44. The largest absolute Gasteiger partial charge is 0.378 e. The SMILES string of the molecule is Cn1nc(C(=O)CCCC2CCCO2)c2ccccc21. The van der Waals surface area contributed by atoms with Crippen molar-refractivity contribution >= 4 is 16.7 Å². The summed E-state index contributed by atoms with van der Waals surface area (Å²) in [4.78, 5) is 12.3. The molecule has 0 radical (unpaired) electrons. The first-order chi connectivity index (χ1) is 9.75. The summed E-state index contributed by atoms with van der Waals surface area (Å²) in [5.74, 6) is 0.139. The summed E-state index contributed by atoms with van der Waals surface area (Å²) in [5, 5.41) is 5.33. The monoisotopic (exact) mass is 272 g/mol. The maximum atomic E-state index is 12.3. The smallest absolute Gasteiger partial charge is 0.183 e. The van der Waals surface area contributed by atoms with Gasteiger partial charge >= 0.3 is 0 Å². The molecule has 0 bridgehead atoms. The maximum Gasteiger partial charge on any atom is 0.183 e. The standard InChI is InChI=1S/C16H20N2O2/c1-18-14-9-3-2-8-13(14)16(17-18)15(19)10-4-6-12-7-5-11-20-12/h2-3,8-9,12H,4-7,10-11H2,1H3. The summed E-state index contributed by atoms with van der Waals surface area (Å²) in [5.41, 5.74) is 1.62. The normalized spacial score (nSPS) is 18.8. The lowest BCUT2D eigenvalue weighted by Gasteiger charge is -2.07. The van der Waals surface area contributed by atoms with Crippen molar-refractivity contribution in [2.45, 2.75) is 38.2 Å². The van der Waals surface area contributed by atoms with Crippen molar-refractivity contribution in [3.05, 3.63) is 30.0 Å². The number of benzene rings is 1. The number of ether oxygens (including phenoxy) is 1. The zero-order valence-electron chi connectivity index (χ0n) is 11.8. The van der Waals surface area contributed by atoms with Crippen LogP contribution in [0.3, 0.4) is 0 Å². The molecular weight excluding hydrogens is 252 g/mol. The number of aromatic nitrogens is 2. The minimum Gasteiger partial charge on any atom is -0.378 e. The summed E-state index contributed by atoms with van der Waals surface area (Å²) in [6, 6.07) is 7.88. The molecule has 106 valence electrons. The number of para-hydroxylation sites is 1. The van der Waals surface area contributed by atoms with Crippen molar-refractivity contribution in [1.29, 1.82) is 0 Å². The van der Waals surface area contributed by atoms with Gasteiger partial charge in [0, 0.05) is 25.5 Å². The van der Waals surface area contributed by atoms with Crippen LogP contribution >= 0.6 is 0 Å². The first kappa shape index (κ1) is 13.3. The number of ketones is 1. The summed E-state index contributed by atoms with van der Waals surface area (Å²) in [6.45, 7) is 0.878. The molecule has 0 spiro atoms. The van der Waals surface area contributed by atoms with Crippen LogP contribution in [0.2, 0.25) is 0 Å². The molecule has 20 heavy (non-hydrogen) atoms. The van der Waals surface area contributed by atoms with E-state index in [0.29, 0.717) is 18.2 Å². The fourth-order valence-electron chi connectivity index (χ4n) is 2.90. The first-order valence-electron chi connectivity index (χ1n) is 7.32. The third-order valence-corrected chi connectivity index (χ3v) is 3.98. The van der Waals surface area contributed by atoms with E-state index in [9.17, 15) is 4.79 Å². The molecule has 1 saturated heterocycles. The Morgan fingerprint density at radius 1 is 1.45 bits per heavy atom. The number of fused-ring (bicyclic) bond motifs is 1. The van der Waals surface area contributed by atoms with Crippen LogP contribution in [0.5, 0.6) is 0 Å². The van der Waals surface area contributed by atoms with Gasteiger partial charge in [-0.2, -0.15) is 5.10 Å². The fourth-order valence-corrected chi connectivity index (χ4v) is 2.90. The van der Waals surface area contributed by atoms with Crippen molar-refractivity contribution in [3.8, 4) is 0 Å². The van der Waals surface area contributed by atoms with E-state index in [0.717, 1.165) is 43.2 Å². The Balaban J connectivity index is 1.66. The Morgan fingerprint density at radius 3 is 3.10 bits per heavy atom. The molecule has 1 aromatic carbocycles. The minimum atomic E-state index is 0.139. The van der Waals surface area contributed by atoms with Crippen molar-refractivity contribution in [3.63, 3.8) is 0 Å². The molecular formula is C16H20N2O2. The van der Waals surface area contributed by atoms with Gasteiger partial charge in [0.15, 0.2) is 5.78 Å². The van der Waals surface area contributed by atoms with Gasteiger partial charge in [-0.25, -0.2) is 0 Å². The molecule has 4 nitrogen and oxygen atoms in total. The third-order valence-electron chi connectivity index (χ3n) is 3.98. The van der Waals surface area contributed by atoms with Gasteiger partial charge in [0.2, 0.25) is 0 Å². The Labute approximate surface area is 118 Å². The molecule has 1 aromatic heterocycles. The van der Waals surface area contributed by atoms with Gasteiger partial charge in [0.05, 0.1) is 11.6 Å². The maximum absolute atomic E-state index is 12.3. The molecule has 0 aliphatic carbocycles.